The molecule has 0 aromatic carbocycles. The summed E-state index contributed by atoms with van der Waals surface area (Å²) in [6, 6.07) is 4.00. The number of aromatic nitrogens is 6. The van der Waals surface area contributed by atoms with Crippen molar-refractivity contribution >= 4 is 33.7 Å². The van der Waals surface area contributed by atoms with Crippen molar-refractivity contribution < 1.29 is 14.3 Å². The van der Waals surface area contributed by atoms with Gasteiger partial charge in [-0.1, -0.05) is 6.42 Å². The van der Waals surface area contributed by atoms with Crippen molar-refractivity contribution in [3.8, 4) is 11.3 Å². The van der Waals surface area contributed by atoms with Crippen LogP contribution in [0.15, 0.2) is 30.9 Å². The summed E-state index contributed by atoms with van der Waals surface area (Å²) >= 11 is 0. The molecule has 4 aromatic rings. The average molecular weight is 481 g/mol. The van der Waals surface area contributed by atoms with Crippen LogP contribution >= 0.6 is 0 Å². The minimum atomic E-state index is 0.216. The lowest BCUT2D eigenvalue weighted by atomic mass is 10.1. The molecule has 0 saturated carbocycles. The van der Waals surface area contributed by atoms with Crippen molar-refractivity contribution in [1.29, 1.82) is 0 Å². The number of anilines is 1. The summed E-state index contributed by atoms with van der Waals surface area (Å²) in [6.07, 6.45) is 8.68. The molecule has 4 heterocycles. The Morgan fingerprint density at radius 2 is 1.89 bits per heavy atom. The Bertz CT molecular complexity index is 1250. The number of ether oxygens (including phenoxy) is 2. The quantitative estimate of drug-likeness (QED) is 0.217. The van der Waals surface area contributed by atoms with Crippen molar-refractivity contribution in [2.75, 3.05) is 38.7 Å². The SMILES string of the molecule is NCCOCCOCCC(=O)CCCCCn1nc(-c2cnc3[nH]ccc3c2)c2c(N)ncnc21. The van der Waals surface area contributed by atoms with Crippen molar-refractivity contribution in [1.82, 2.24) is 29.7 Å². The normalized spacial score (nSPS) is 11.6. The van der Waals surface area contributed by atoms with E-state index >= 15 is 0 Å². The molecule has 11 heteroatoms. The number of aryl methyl sites for hydroxylation is 1. The maximum Gasteiger partial charge on any atom is 0.163 e. The summed E-state index contributed by atoms with van der Waals surface area (Å²) in [7, 11) is 0. The highest BCUT2D eigenvalue weighted by molar-refractivity contribution is 5.99. The maximum absolute atomic E-state index is 12.1. The van der Waals surface area contributed by atoms with Crippen molar-refractivity contribution in [2.24, 2.45) is 5.73 Å². The minimum Gasteiger partial charge on any atom is -0.383 e. The second-order valence-electron chi connectivity index (χ2n) is 8.28. The molecule has 0 radical (unpaired) electrons. The smallest absolute Gasteiger partial charge is 0.163 e. The van der Waals surface area contributed by atoms with Gasteiger partial charge in [-0.05, 0) is 25.0 Å². The topological polar surface area (TPSA) is 160 Å². The first-order valence-electron chi connectivity index (χ1n) is 11.9. The second kappa shape index (κ2) is 12.3. The number of aromatic amines is 1. The third-order valence-electron chi connectivity index (χ3n) is 5.72. The number of nitrogens with zero attached hydrogens (tertiary/aromatic N) is 5. The Kier molecular flexibility index (Phi) is 8.71. The average Bonchev–Trinajstić information content (AvgIpc) is 3.48. The fraction of sp³-hybridized carbons (Fsp3) is 0.458. The molecule has 0 fully saturated rings. The van der Waals surface area contributed by atoms with Crippen molar-refractivity contribution in [2.45, 2.75) is 38.6 Å². The summed E-state index contributed by atoms with van der Waals surface area (Å²) in [6.45, 7) is 3.11. The standard InChI is InChI=1S/C24H32N8O3/c25-7-11-35-13-12-34-10-6-19(33)4-2-1-3-9-32-24-20(22(26)29-16-30-24)21(31-32)18-14-17-5-8-27-23(17)28-15-18/h5,8,14-16H,1-4,6-7,9-13,25H2,(H,27,28)(H2,26,29,30). The summed E-state index contributed by atoms with van der Waals surface area (Å²) in [5, 5.41) is 6.53. The van der Waals surface area contributed by atoms with Crippen LogP contribution in [0.3, 0.4) is 0 Å². The number of nitrogen functional groups attached to an aromatic ring is 1. The molecule has 0 aliphatic rings. The largest absolute Gasteiger partial charge is 0.383 e. The molecule has 0 bridgehead atoms. The third-order valence-corrected chi connectivity index (χ3v) is 5.72. The third kappa shape index (κ3) is 6.38. The Balaban J connectivity index is 1.28. The highest BCUT2D eigenvalue weighted by Gasteiger charge is 2.17. The number of Topliss-reactive ketones (excluding diaryl/α,β-unsaturated/α-hetero) is 1. The molecule has 5 N–H and O–H groups in total. The number of hydrogen-bond acceptors (Lipinski definition) is 9. The van der Waals surface area contributed by atoms with Crippen LogP contribution in [-0.4, -0.2) is 68.5 Å². The van der Waals surface area contributed by atoms with Crippen LogP contribution in [-0.2, 0) is 20.8 Å². The van der Waals surface area contributed by atoms with Gasteiger partial charge in [0.2, 0.25) is 0 Å². The number of nitrogens with two attached hydrogens (primary N) is 2. The van der Waals surface area contributed by atoms with Gasteiger partial charge in [0.05, 0.1) is 31.8 Å². The highest BCUT2D eigenvalue weighted by atomic mass is 16.5. The van der Waals surface area contributed by atoms with E-state index in [1.165, 1.54) is 6.33 Å². The van der Waals surface area contributed by atoms with Crippen LogP contribution in [0, 0.1) is 0 Å². The first-order chi connectivity index (χ1) is 17.2. The van der Waals surface area contributed by atoms with Gasteiger partial charge in [0.1, 0.15) is 29.3 Å². The molecule has 11 nitrogen and oxygen atoms in total. The first-order valence-corrected chi connectivity index (χ1v) is 11.9. The van der Waals surface area contributed by atoms with Crippen molar-refractivity contribution in [3.63, 3.8) is 0 Å². The second-order valence-corrected chi connectivity index (χ2v) is 8.28. The number of fused-ring (bicyclic) bond motifs is 2. The summed E-state index contributed by atoms with van der Waals surface area (Å²) < 4.78 is 12.5. The van der Waals surface area contributed by atoms with Gasteiger partial charge in [0, 0.05) is 49.3 Å². The van der Waals surface area contributed by atoms with Crippen LogP contribution in [0.4, 0.5) is 5.82 Å². The predicted molar refractivity (Wildman–Crippen MR) is 134 cm³/mol. The monoisotopic (exact) mass is 480 g/mol. The van der Waals surface area contributed by atoms with Gasteiger partial charge in [-0.15, -0.1) is 0 Å². The Morgan fingerprint density at radius 3 is 2.74 bits per heavy atom. The van der Waals surface area contributed by atoms with Crippen molar-refractivity contribution in [3.05, 3.63) is 30.9 Å². The van der Waals surface area contributed by atoms with Gasteiger partial charge in [-0.3, -0.25) is 4.79 Å². The minimum absolute atomic E-state index is 0.216. The number of H-pyrrole nitrogens is 1. The number of hydrogen-bond donors (Lipinski definition) is 3. The number of ketones is 1. The van der Waals surface area contributed by atoms with Gasteiger partial charge in [0.25, 0.3) is 0 Å². The summed E-state index contributed by atoms with van der Waals surface area (Å²) in [5.74, 6) is 0.608. The van der Waals surface area contributed by atoms with E-state index in [9.17, 15) is 4.79 Å². The molecular formula is C24H32N8O3. The van der Waals surface area contributed by atoms with E-state index in [1.807, 2.05) is 23.0 Å². The van der Waals surface area contributed by atoms with E-state index in [1.54, 1.807) is 6.20 Å². The zero-order chi connectivity index (χ0) is 24.5. The molecule has 0 atom stereocenters. The molecular weight excluding hydrogens is 448 g/mol. The van der Waals surface area contributed by atoms with Gasteiger partial charge in [0.15, 0.2) is 5.65 Å². The van der Waals surface area contributed by atoms with E-state index in [-0.39, 0.29) is 5.78 Å². The molecule has 0 spiro atoms. The molecule has 0 unspecified atom stereocenters. The Labute approximate surface area is 203 Å². The van der Waals surface area contributed by atoms with Gasteiger partial charge < -0.3 is 25.9 Å². The van der Waals surface area contributed by atoms with E-state index in [0.29, 0.717) is 63.8 Å². The number of nitrogens with one attached hydrogen (secondary N) is 1. The van der Waals surface area contributed by atoms with Crippen LogP contribution in [0.5, 0.6) is 0 Å². The highest BCUT2D eigenvalue weighted by Crippen LogP contribution is 2.31. The zero-order valence-electron chi connectivity index (χ0n) is 19.8. The molecule has 4 aromatic heterocycles. The van der Waals surface area contributed by atoms with Crippen LogP contribution in [0.25, 0.3) is 33.3 Å². The fourth-order valence-corrected chi connectivity index (χ4v) is 3.93. The maximum atomic E-state index is 12.1. The first kappa shape index (κ1) is 24.7. The number of pyridine rings is 1. The van der Waals surface area contributed by atoms with E-state index < -0.39 is 0 Å². The van der Waals surface area contributed by atoms with Gasteiger partial charge in [-0.25, -0.2) is 19.6 Å². The summed E-state index contributed by atoms with van der Waals surface area (Å²) in [4.78, 5) is 28.2. The van der Waals surface area contributed by atoms with Crippen LogP contribution < -0.4 is 11.5 Å². The molecule has 0 aliphatic carbocycles. The lowest BCUT2D eigenvalue weighted by Gasteiger charge is -2.05. The predicted octanol–water partition coefficient (Wildman–Crippen LogP) is 2.46. The van der Waals surface area contributed by atoms with Crippen LogP contribution in [0.2, 0.25) is 0 Å². The molecule has 0 amide bonds. The van der Waals surface area contributed by atoms with E-state index in [0.717, 1.165) is 46.9 Å². The Morgan fingerprint density at radius 1 is 1.03 bits per heavy atom. The fourth-order valence-electron chi connectivity index (χ4n) is 3.93. The number of rotatable bonds is 15. The molecule has 0 aliphatic heterocycles. The lowest BCUT2D eigenvalue weighted by Crippen LogP contribution is -2.13. The van der Waals surface area contributed by atoms with Gasteiger partial charge in [-0.2, -0.15) is 5.10 Å². The summed E-state index contributed by atoms with van der Waals surface area (Å²) in [5.41, 5.74) is 14.6. The van der Waals surface area contributed by atoms with E-state index in [4.69, 9.17) is 26.0 Å². The number of unbranched alkanes of at least 4 members (excludes halogenated alkanes) is 2. The molecule has 4 rings (SSSR count). The van der Waals surface area contributed by atoms with Crippen LogP contribution in [0.1, 0.15) is 32.1 Å². The Hall–Kier alpha value is -3.41. The number of carbonyl (C=O) groups is 1. The van der Waals surface area contributed by atoms with Gasteiger partial charge >= 0.3 is 0 Å². The van der Waals surface area contributed by atoms with E-state index in [2.05, 4.69) is 19.9 Å². The molecule has 35 heavy (non-hydrogen) atoms. The molecule has 186 valence electrons. The zero-order valence-corrected chi connectivity index (χ0v) is 19.8. The number of carbonyl (C=O) groups excluding carboxylic acids is 1. The lowest BCUT2D eigenvalue weighted by molar-refractivity contribution is -0.120. The molecule has 0 saturated heterocycles.